The van der Waals surface area contributed by atoms with Crippen LogP contribution in [0.15, 0.2) is 18.2 Å². The third kappa shape index (κ3) is 5.01. The largest absolute Gasteiger partial charge is 0.469 e. The van der Waals surface area contributed by atoms with Crippen molar-refractivity contribution in [1.82, 2.24) is 5.32 Å². The van der Waals surface area contributed by atoms with E-state index in [1.54, 1.807) is 0 Å². The fraction of sp³-hybridized carbons (Fsp3) is 0.400. The van der Waals surface area contributed by atoms with Crippen molar-refractivity contribution >= 4 is 17.8 Å². The van der Waals surface area contributed by atoms with E-state index in [0.29, 0.717) is 6.07 Å². The van der Waals surface area contributed by atoms with E-state index in [0.717, 1.165) is 19.2 Å². The van der Waals surface area contributed by atoms with Gasteiger partial charge in [0.15, 0.2) is 11.6 Å². The lowest BCUT2D eigenvalue weighted by Crippen LogP contribution is -2.43. The van der Waals surface area contributed by atoms with Gasteiger partial charge >= 0.3 is 11.9 Å². The molecule has 1 aromatic carbocycles. The van der Waals surface area contributed by atoms with Crippen LogP contribution in [0.25, 0.3) is 0 Å². The Kier molecular flexibility index (Phi) is 6.62. The number of rotatable bonds is 6. The fourth-order valence-electron chi connectivity index (χ4n) is 1.89. The van der Waals surface area contributed by atoms with Crippen LogP contribution < -0.4 is 5.32 Å². The summed E-state index contributed by atoms with van der Waals surface area (Å²) in [4.78, 5) is 35.2. The molecule has 1 aromatic rings. The van der Waals surface area contributed by atoms with Gasteiger partial charge in [-0.2, -0.15) is 0 Å². The van der Waals surface area contributed by atoms with Gasteiger partial charge in [0.05, 0.1) is 20.1 Å². The number of carbonyl (C=O) groups excluding carboxylic acids is 3. The van der Waals surface area contributed by atoms with Gasteiger partial charge < -0.3 is 14.8 Å². The number of nitrogens with one attached hydrogen (secondary N) is 1. The molecule has 0 bridgehead atoms. The molecule has 1 N–H and O–H groups in total. The first-order valence-electron chi connectivity index (χ1n) is 6.71. The lowest BCUT2D eigenvalue weighted by Gasteiger charge is -2.19. The minimum absolute atomic E-state index is 0.0608. The third-order valence-corrected chi connectivity index (χ3v) is 3.17. The van der Waals surface area contributed by atoms with Crippen molar-refractivity contribution in [2.75, 3.05) is 14.2 Å². The van der Waals surface area contributed by atoms with Crippen LogP contribution in [0, 0.1) is 17.6 Å². The molecule has 23 heavy (non-hydrogen) atoms. The lowest BCUT2D eigenvalue weighted by atomic mass is 10.0. The SMILES string of the molecule is COC(=O)[C@H](C)C[C@@H](NC(=O)c1ccc(F)c(F)c1)C(=O)OC. The van der Waals surface area contributed by atoms with Crippen LogP contribution >= 0.6 is 0 Å². The first-order valence-corrected chi connectivity index (χ1v) is 6.71. The van der Waals surface area contributed by atoms with Crippen LogP contribution in [-0.4, -0.2) is 38.1 Å². The quantitative estimate of drug-likeness (QED) is 0.799. The number of benzene rings is 1. The zero-order valence-electron chi connectivity index (χ0n) is 12.9. The van der Waals surface area contributed by atoms with Crippen molar-refractivity contribution in [3.63, 3.8) is 0 Å². The average Bonchev–Trinajstić information content (AvgIpc) is 2.54. The summed E-state index contributed by atoms with van der Waals surface area (Å²) in [5.41, 5.74) is -0.163. The molecule has 0 saturated heterocycles. The molecule has 8 heteroatoms. The summed E-state index contributed by atoms with van der Waals surface area (Å²) < 4.78 is 35.1. The first kappa shape index (κ1) is 18.5. The summed E-state index contributed by atoms with van der Waals surface area (Å²) >= 11 is 0. The topological polar surface area (TPSA) is 81.7 Å². The van der Waals surface area contributed by atoms with E-state index >= 15 is 0 Å². The number of esters is 2. The van der Waals surface area contributed by atoms with Crippen molar-refractivity contribution in [1.29, 1.82) is 0 Å². The number of amides is 1. The van der Waals surface area contributed by atoms with E-state index in [-0.39, 0.29) is 12.0 Å². The van der Waals surface area contributed by atoms with Crippen molar-refractivity contribution < 1.29 is 32.6 Å². The molecule has 0 radical (unpaired) electrons. The molecule has 0 unspecified atom stereocenters. The summed E-state index contributed by atoms with van der Waals surface area (Å²) in [5, 5.41) is 2.33. The van der Waals surface area contributed by atoms with Crippen LogP contribution in [0.5, 0.6) is 0 Å². The van der Waals surface area contributed by atoms with E-state index in [1.807, 2.05) is 0 Å². The number of halogens is 2. The average molecular weight is 329 g/mol. The summed E-state index contributed by atoms with van der Waals surface area (Å²) in [6, 6.07) is 1.46. The molecule has 0 spiro atoms. The molecule has 0 heterocycles. The zero-order chi connectivity index (χ0) is 17.6. The molecule has 1 amide bonds. The Morgan fingerprint density at radius 2 is 1.70 bits per heavy atom. The van der Waals surface area contributed by atoms with Gasteiger partial charge in [0, 0.05) is 5.56 Å². The molecule has 2 atom stereocenters. The summed E-state index contributed by atoms with van der Waals surface area (Å²) in [6.45, 7) is 1.52. The predicted molar refractivity (Wildman–Crippen MR) is 75.4 cm³/mol. The molecule has 0 aliphatic rings. The van der Waals surface area contributed by atoms with E-state index in [2.05, 4.69) is 14.8 Å². The molecule has 0 aliphatic heterocycles. The molecular formula is C15H17F2NO5. The van der Waals surface area contributed by atoms with E-state index in [1.165, 1.54) is 14.0 Å². The maximum absolute atomic E-state index is 13.2. The minimum atomic E-state index is -1.19. The second-order valence-corrected chi connectivity index (χ2v) is 4.84. The number of ether oxygens (including phenoxy) is 2. The van der Waals surface area contributed by atoms with Gasteiger partial charge in [0.25, 0.3) is 5.91 Å². The second kappa shape index (κ2) is 8.21. The molecule has 1 rings (SSSR count). The lowest BCUT2D eigenvalue weighted by molar-refractivity contribution is -0.147. The van der Waals surface area contributed by atoms with E-state index in [9.17, 15) is 23.2 Å². The van der Waals surface area contributed by atoms with Crippen LogP contribution in [0.4, 0.5) is 8.78 Å². The Hall–Kier alpha value is -2.51. The van der Waals surface area contributed by atoms with Crippen LogP contribution in [0.1, 0.15) is 23.7 Å². The van der Waals surface area contributed by atoms with Gasteiger partial charge in [-0.15, -0.1) is 0 Å². The van der Waals surface area contributed by atoms with Crippen molar-refractivity contribution in [2.45, 2.75) is 19.4 Å². The Balaban J connectivity index is 2.87. The molecule has 0 fully saturated rings. The maximum Gasteiger partial charge on any atom is 0.328 e. The highest BCUT2D eigenvalue weighted by atomic mass is 19.2. The molecule has 0 aliphatic carbocycles. The normalized spacial score (nSPS) is 12.9. The van der Waals surface area contributed by atoms with Gasteiger partial charge in [-0.3, -0.25) is 9.59 Å². The van der Waals surface area contributed by atoms with Crippen LogP contribution in [0.3, 0.4) is 0 Å². The monoisotopic (exact) mass is 329 g/mol. The molecule has 126 valence electrons. The Labute approximate surface area is 131 Å². The number of methoxy groups -OCH3 is 2. The summed E-state index contributed by atoms with van der Waals surface area (Å²) in [5.74, 6) is -5.07. The molecule has 6 nitrogen and oxygen atoms in total. The van der Waals surface area contributed by atoms with E-state index < -0.39 is 41.4 Å². The molecule has 0 aromatic heterocycles. The maximum atomic E-state index is 13.2. The third-order valence-electron chi connectivity index (χ3n) is 3.17. The highest BCUT2D eigenvalue weighted by Gasteiger charge is 2.27. The predicted octanol–water partition coefficient (Wildman–Crippen LogP) is 1.44. The van der Waals surface area contributed by atoms with Gasteiger partial charge in [-0.05, 0) is 24.6 Å². The molecule has 0 saturated carbocycles. The zero-order valence-corrected chi connectivity index (χ0v) is 12.9. The fourth-order valence-corrected chi connectivity index (χ4v) is 1.89. The van der Waals surface area contributed by atoms with Gasteiger partial charge in [-0.25, -0.2) is 13.6 Å². The number of hydrogen-bond acceptors (Lipinski definition) is 5. The Bertz CT molecular complexity index is 606. The Morgan fingerprint density at radius 1 is 1.09 bits per heavy atom. The smallest absolute Gasteiger partial charge is 0.328 e. The van der Waals surface area contributed by atoms with Crippen LogP contribution in [0.2, 0.25) is 0 Å². The van der Waals surface area contributed by atoms with Gasteiger partial charge in [-0.1, -0.05) is 6.92 Å². The first-order chi connectivity index (χ1) is 10.8. The van der Waals surface area contributed by atoms with E-state index in [4.69, 9.17) is 0 Å². The van der Waals surface area contributed by atoms with Gasteiger partial charge in [0.1, 0.15) is 6.04 Å². The highest BCUT2D eigenvalue weighted by molar-refractivity contribution is 5.96. The summed E-state index contributed by atoms with van der Waals surface area (Å²) in [7, 11) is 2.33. The number of carbonyl (C=O) groups is 3. The van der Waals surface area contributed by atoms with Crippen molar-refractivity contribution in [2.24, 2.45) is 5.92 Å². The van der Waals surface area contributed by atoms with Gasteiger partial charge in [0.2, 0.25) is 0 Å². The Morgan fingerprint density at radius 3 is 2.22 bits per heavy atom. The van der Waals surface area contributed by atoms with Crippen molar-refractivity contribution in [3.8, 4) is 0 Å². The molecular weight excluding hydrogens is 312 g/mol. The highest BCUT2D eigenvalue weighted by Crippen LogP contribution is 2.12. The number of hydrogen-bond donors (Lipinski definition) is 1. The standard InChI is InChI=1S/C15H17F2NO5/c1-8(14(20)22-2)6-12(15(21)23-3)18-13(19)9-4-5-10(16)11(17)7-9/h4-5,7-8,12H,6H2,1-3H3,(H,18,19)/t8-,12-/m1/s1. The second-order valence-electron chi connectivity index (χ2n) is 4.84. The van der Waals surface area contributed by atoms with Crippen LogP contribution in [-0.2, 0) is 19.1 Å². The summed E-state index contributed by atoms with van der Waals surface area (Å²) in [6.07, 6.45) is -0.0608. The minimum Gasteiger partial charge on any atom is -0.469 e. The van der Waals surface area contributed by atoms with Crippen molar-refractivity contribution in [3.05, 3.63) is 35.4 Å².